The number of carbonyl (C=O) groups is 2. The zero-order chi connectivity index (χ0) is 27.2. The Morgan fingerprint density at radius 2 is 1.79 bits per heavy atom. The summed E-state index contributed by atoms with van der Waals surface area (Å²) in [5, 5.41) is 11.4. The Kier molecular flexibility index (Phi) is 8.89. The average Bonchev–Trinajstić information content (AvgIpc) is 3.19. The molecular weight excluding hydrogens is 552 g/mol. The van der Waals surface area contributed by atoms with E-state index in [9.17, 15) is 19.1 Å². The molecule has 0 fully saturated rings. The van der Waals surface area contributed by atoms with Crippen LogP contribution in [0, 0.1) is 5.82 Å². The number of ether oxygens (including phenoxy) is 2. The maximum Gasteiger partial charge on any atom is 0.344 e. The fourth-order valence-corrected chi connectivity index (χ4v) is 4.87. The number of rotatable bonds is 7. The quantitative estimate of drug-likeness (QED) is 0.297. The van der Waals surface area contributed by atoms with Crippen LogP contribution in [-0.4, -0.2) is 28.6 Å². The van der Waals surface area contributed by atoms with Crippen LogP contribution in [-0.2, 0) is 16.1 Å². The van der Waals surface area contributed by atoms with Crippen LogP contribution in [0.2, 0.25) is 10.0 Å². The number of carbonyl (C=O) groups excluding carboxylic acids is 2. The second-order valence-corrected chi connectivity index (χ2v) is 9.71. The standard InChI is InChI=1S/C28H20Cl2FNO5S/c1-2-36-28(35)24-25(33)23(38-27(24)32-26(34)19-5-3-4-6-20(19)29)14-17-9-12-22(21(30)13-17)37-15-16-7-10-18(31)11-8-16/h3-14,33H,2,15H2,1H3/b23-14-,32-27?. The van der Waals surface area contributed by atoms with Crippen molar-refractivity contribution in [3.05, 3.63) is 116 Å². The van der Waals surface area contributed by atoms with Crippen molar-refractivity contribution in [1.29, 1.82) is 0 Å². The lowest BCUT2D eigenvalue weighted by Crippen LogP contribution is -2.14. The fourth-order valence-electron chi connectivity index (χ4n) is 3.40. The summed E-state index contributed by atoms with van der Waals surface area (Å²) in [5.41, 5.74) is 1.31. The molecule has 0 aromatic heterocycles. The van der Waals surface area contributed by atoms with Crippen LogP contribution in [0.25, 0.3) is 6.08 Å². The van der Waals surface area contributed by atoms with E-state index in [1.54, 1.807) is 61.5 Å². The molecule has 0 unspecified atom stereocenters. The number of aliphatic hydroxyl groups excluding tert-OH is 1. The first kappa shape index (κ1) is 27.4. The topological polar surface area (TPSA) is 85.2 Å². The third kappa shape index (κ3) is 6.45. The predicted molar refractivity (Wildman–Crippen MR) is 147 cm³/mol. The van der Waals surface area contributed by atoms with Gasteiger partial charge >= 0.3 is 5.97 Å². The number of thioether (sulfide) groups is 1. The Bertz CT molecular complexity index is 1480. The lowest BCUT2D eigenvalue weighted by Gasteiger charge is -2.09. The molecule has 1 N–H and O–H groups in total. The van der Waals surface area contributed by atoms with Crippen LogP contribution in [0.5, 0.6) is 5.75 Å². The van der Waals surface area contributed by atoms with Gasteiger partial charge in [0.2, 0.25) is 0 Å². The van der Waals surface area contributed by atoms with Gasteiger partial charge in [-0.25, -0.2) is 14.2 Å². The van der Waals surface area contributed by atoms with Gasteiger partial charge in [-0.15, -0.1) is 0 Å². The third-order valence-corrected chi connectivity index (χ3v) is 6.88. The summed E-state index contributed by atoms with van der Waals surface area (Å²) in [6.45, 7) is 1.89. The third-order valence-electron chi connectivity index (χ3n) is 5.24. The highest BCUT2D eigenvalue weighted by molar-refractivity contribution is 8.18. The van der Waals surface area contributed by atoms with Gasteiger partial charge in [-0.05, 0) is 60.5 Å². The molecule has 0 spiro atoms. The molecule has 4 rings (SSSR count). The van der Waals surface area contributed by atoms with Gasteiger partial charge in [-0.2, -0.15) is 0 Å². The maximum atomic E-state index is 13.1. The van der Waals surface area contributed by atoms with E-state index in [2.05, 4.69) is 4.99 Å². The molecule has 1 aliphatic rings. The summed E-state index contributed by atoms with van der Waals surface area (Å²) >= 11 is 13.4. The SMILES string of the molecule is CCOC(=O)C1=C(O)/C(=C/c2ccc(OCc3ccc(F)cc3)c(Cl)c2)SC1=NC(=O)c1ccccc1Cl. The molecule has 0 bridgehead atoms. The van der Waals surface area contributed by atoms with Gasteiger partial charge in [0.05, 0.1) is 27.1 Å². The highest BCUT2D eigenvalue weighted by Crippen LogP contribution is 2.40. The van der Waals surface area contributed by atoms with E-state index < -0.39 is 11.9 Å². The predicted octanol–water partition coefficient (Wildman–Crippen LogP) is 7.41. The van der Waals surface area contributed by atoms with Gasteiger partial charge < -0.3 is 14.6 Å². The number of hydrogen-bond donors (Lipinski definition) is 1. The number of nitrogens with zero attached hydrogens (tertiary/aromatic N) is 1. The van der Waals surface area contributed by atoms with E-state index in [1.165, 1.54) is 18.2 Å². The lowest BCUT2D eigenvalue weighted by atomic mass is 10.1. The average molecular weight is 572 g/mol. The van der Waals surface area contributed by atoms with Crippen molar-refractivity contribution in [2.24, 2.45) is 4.99 Å². The Balaban J connectivity index is 1.59. The molecule has 194 valence electrons. The second-order valence-electron chi connectivity index (χ2n) is 7.86. The van der Waals surface area contributed by atoms with E-state index in [-0.39, 0.29) is 50.9 Å². The van der Waals surface area contributed by atoms with Crippen molar-refractivity contribution in [1.82, 2.24) is 0 Å². The molecule has 0 saturated carbocycles. The molecule has 10 heteroatoms. The first-order valence-corrected chi connectivity index (χ1v) is 12.9. The van der Waals surface area contributed by atoms with E-state index in [1.807, 2.05) is 0 Å². The summed E-state index contributed by atoms with van der Waals surface area (Å²) in [6, 6.07) is 17.3. The molecule has 38 heavy (non-hydrogen) atoms. The molecule has 3 aromatic carbocycles. The van der Waals surface area contributed by atoms with Crippen molar-refractivity contribution >= 4 is 58.0 Å². The van der Waals surface area contributed by atoms with Crippen LogP contribution in [0.3, 0.4) is 0 Å². The van der Waals surface area contributed by atoms with Gasteiger partial charge in [0.15, 0.2) is 0 Å². The number of esters is 1. The molecule has 1 aliphatic heterocycles. The molecule has 6 nitrogen and oxygen atoms in total. The summed E-state index contributed by atoms with van der Waals surface area (Å²) in [5.74, 6) is -1.77. The van der Waals surface area contributed by atoms with E-state index in [0.29, 0.717) is 16.3 Å². The van der Waals surface area contributed by atoms with Gasteiger partial charge in [-0.3, -0.25) is 4.79 Å². The van der Waals surface area contributed by atoms with Gasteiger partial charge in [0.25, 0.3) is 5.91 Å². The van der Waals surface area contributed by atoms with E-state index in [0.717, 1.165) is 17.3 Å². The number of benzene rings is 3. The van der Waals surface area contributed by atoms with Crippen LogP contribution >= 0.6 is 35.0 Å². The van der Waals surface area contributed by atoms with Crippen LogP contribution in [0.1, 0.15) is 28.4 Å². The molecule has 0 atom stereocenters. The number of amides is 1. The summed E-state index contributed by atoms with van der Waals surface area (Å²) in [7, 11) is 0. The molecule has 0 radical (unpaired) electrons. The number of halogens is 3. The Hall–Kier alpha value is -3.59. The maximum absolute atomic E-state index is 13.1. The molecule has 3 aromatic rings. The molecule has 1 heterocycles. The minimum atomic E-state index is -0.811. The largest absolute Gasteiger partial charge is 0.506 e. The first-order valence-electron chi connectivity index (χ1n) is 11.3. The van der Waals surface area contributed by atoms with E-state index >= 15 is 0 Å². The van der Waals surface area contributed by atoms with Crippen molar-refractivity contribution in [2.45, 2.75) is 13.5 Å². The van der Waals surface area contributed by atoms with Crippen LogP contribution in [0.15, 0.2) is 88.0 Å². The molecule has 1 amide bonds. The highest BCUT2D eigenvalue weighted by Gasteiger charge is 2.34. The van der Waals surface area contributed by atoms with Crippen LogP contribution in [0.4, 0.5) is 4.39 Å². The second kappa shape index (κ2) is 12.3. The van der Waals surface area contributed by atoms with Gasteiger partial charge in [0.1, 0.15) is 34.5 Å². The zero-order valence-corrected chi connectivity index (χ0v) is 22.2. The smallest absolute Gasteiger partial charge is 0.344 e. The van der Waals surface area contributed by atoms with Gasteiger partial charge in [-0.1, -0.05) is 65.3 Å². The monoisotopic (exact) mass is 571 g/mol. The number of aliphatic imine (C=N–C) groups is 1. The molecule has 0 aliphatic carbocycles. The van der Waals surface area contributed by atoms with Crippen molar-refractivity contribution in [2.75, 3.05) is 6.61 Å². The van der Waals surface area contributed by atoms with Crippen molar-refractivity contribution in [3.8, 4) is 5.75 Å². The number of hydrogen-bond acceptors (Lipinski definition) is 6. The normalized spacial score (nSPS) is 15.3. The first-order chi connectivity index (χ1) is 18.3. The summed E-state index contributed by atoms with van der Waals surface area (Å²) in [6.07, 6.45) is 1.59. The van der Waals surface area contributed by atoms with E-state index in [4.69, 9.17) is 32.7 Å². The minimum absolute atomic E-state index is 0.0116. The number of aliphatic hydroxyl groups is 1. The lowest BCUT2D eigenvalue weighted by molar-refractivity contribution is -0.138. The van der Waals surface area contributed by atoms with Crippen LogP contribution < -0.4 is 4.74 Å². The summed E-state index contributed by atoms with van der Waals surface area (Å²) < 4.78 is 23.9. The molecule has 0 saturated heterocycles. The Labute approximate surface area is 232 Å². The Morgan fingerprint density at radius 3 is 2.47 bits per heavy atom. The fraction of sp³-hybridized carbons (Fsp3) is 0.107. The zero-order valence-electron chi connectivity index (χ0n) is 19.9. The van der Waals surface area contributed by atoms with Crippen molar-refractivity contribution < 1.29 is 28.6 Å². The Morgan fingerprint density at radius 1 is 1.05 bits per heavy atom. The highest BCUT2D eigenvalue weighted by atomic mass is 35.5. The summed E-state index contributed by atoms with van der Waals surface area (Å²) in [4.78, 5) is 29.7. The minimum Gasteiger partial charge on any atom is -0.506 e. The van der Waals surface area contributed by atoms with Gasteiger partial charge in [0, 0.05) is 0 Å². The van der Waals surface area contributed by atoms with Crippen molar-refractivity contribution in [3.63, 3.8) is 0 Å². The molecular formula is C28H20Cl2FNO5S.